The lowest BCUT2D eigenvalue weighted by atomic mass is 10.2. The quantitative estimate of drug-likeness (QED) is 0.289. The molecular formula is C18H22BrF2IN4O. The van der Waals surface area contributed by atoms with E-state index in [2.05, 4.69) is 41.3 Å². The summed E-state index contributed by atoms with van der Waals surface area (Å²) in [6.45, 7) is 0.639. The molecule has 0 amide bonds. The first-order chi connectivity index (χ1) is 12.6. The molecule has 0 atom stereocenters. The van der Waals surface area contributed by atoms with Gasteiger partial charge >= 0.3 is 6.61 Å². The number of pyridine rings is 1. The Morgan fingerprint density at radius 2 is 2.07 bits per heavy atom. The van der Waals surface area contributed by atoms with Crippen LogP contribution in [0, 0.1) is 0 Å². The minimum absolute atomic E-state index is 0. The molecular weight excluding hydrogens is 533 g/mol. The minimum Gasteiger partial charge on any atom is -0.434 e. The summed E-state index contributed by atoms with van der Waals surface area (Å²) < 4.78 is 30.4. The number of hydrogen-bond acceptors (Lipinski definition) is 3. The summed E-state index contributed by atoms with van der Waals surface area (Å²) in [6.07, 6.45) is 2.51. The van der Waals surface area contributed by atoms with Crippen molar-refractivity contribution in [1.82, 2.24) is 15.6 Å². The smallest absolute Gasteiger partial charge is 0.387 e. The number of hydrogen-bond donors (Lipinski definition) is 2. The van der Waals surface area contributed by atoms with Crippen molar-refractivity contribution in [3.8, 4) is 5.75 Å². The topological polar surface area (TPSA) is 58.5 Å². The van der Waals surface area contributed by atoms with E-state index >= 15 is 0 Å². The number of benzene rings is 1. The third-order valence-electron chi connectivity index (χ3n) is 3.39. The summed E-state index contributed by atoms with van der Waals surface area (Å²) >= 11 is 3.34. The van der Waals surface area contributed by atoms with Crippen molar-refractivity contribution in [2.75, 3.05) is 13.1 Å². The molecule has 5 nitrogen and oxygen atoms in total. The average molecular weight is 555 g/mol. The van der Waals surface area contributed by atoms with Crippen LogP contribution in [0.1, 0.15) is 18.2 Å². The Labute approximate surface area is 183 Å². The van der Waals surface area contributed by atoms with Crippen LogP contribution in [0.4, 0.5) is 8.78 Å². The molecule has 1 aromatic heterocycles. The highest BCUT2D eigenvalue weighted by Crippen LogP contribution is 2.25. The van der Waals surface area contributed by atoms with E-state index < -0.39 is 6.61 Å². The van der Waals surface area contributed by atoms with Crippen LogP contribution >= 0.6 is 39.9 Å². The summed E-state index contributed by atoms with van der Waals surface area (Å²) in [6, 6.07) is 10.7. The molecule has 0 unspecified atom stereocenters. The predicted octanol–water partition coefficient (Wildman–Crippen LogP) is 4.36. The summed E-state index contributed by atoms with van der Waals surface area (Å²) in [5.74, 6) is 0.725. The zero-order valence-electron chi connectivity index (χ0n) is 14.8. The average Bonchev–Trinajstić information content (AvgIpc) is 2.62. The molecule has 148 valence electrons. The fraction of sp³-hybridized carbons (Fsp3) is 0.333. The van der Waals surface area contributed by atoms with Gasteiger partial charge in [-0.2, -0.15) is 8.78 Å². The summed E-state index contributed by atoms with van der Waals surface area (Å²) in [5.41, 5.74) is 1.55. The zero-order chi connectivity index (χ0) is 18.8. The number of ether oxygens (including phenoxy) is 1. The van der Waals surface area contributed by atoms with Crippen LogP contribution in [-0.2, 0) is 13.0 Å². The monoisotopic (exact) mass is 554 g/mol. The second-order valence-electron chi connectivity index (χ2n) is 5.32. The van der Waals surface area contributed by atoms with Crippen LogP contribution in [0.3, 0.4) is 0 Å². The standard InChI is InChI=1S/C18H21BrF2N4O.HI/c1-2-22-18(24-10-8-15-5-3-4-9-23-15)25-12-13-11-14(19)6-7-16(13)26-17(20)21;/h3-7,9,11,17H,2,8,10,12H2,1H3,(H2,22,24,25);1H. The van der Waals surface area contributed by atoms with Gasteiger partial charge in [-0.3, -0.25) is 4.98 Å². The van der Waals surface area contributed by atoms with Gasteiger partial charge in [0.15, 0.2) is 5.96 Å². The Hall–Kier alpha value is -1.49. The van der Waals surface area contributed by atoms with Crippen molar-refractivity contribution >= 4 is 45.9 Å². The molecule has 0 aliphatic carbocycles. The highest BCUT2D eigenvalue weighted by Gasteiger charge is 2.10. The molecule has 0 aliphatic heterocycles. The first kappa shape index (κ1) is 23.5. The maximum atomic E-state index is 12.5. The fourth-order valence-electron chi connectivity index (χ4n) is 2.24. The van der Waals surface area contributed by atoms with Gasteiger partial charge in [0.05, 0.1) is 6.54 Å². The van der Waals surface area contributed by atoms with Crippen LogP contribution in [-0.4, -0.2) is 30.6 Å². The first-order valence-electron chi connectivity index (χ1n) is 8.23. The van der Waals surface area contributed by atoms with E-state index in [4.69, 9.17) is 0 Å². The number of aromatic nitrogens is 1. The fourth-order valence-corrected chi connectivity index (χ4v) is 2.65. The number of nitrogens with one attached hydrogen (secondary N) is 2. The van der Waals surface area contributed by atoms with Gasteiger partial charge in [0.2, 0.25) is 0 Å². The van der Waals surface area contributed by atoms with Gasteiger partial charge in [0, 0.05) is 41.4 Å². The summed E-state index contributed by atoms with van der Waals surface area (Å²) in [5, 5.41) is 6.34. The minimum atomic E-state index is -2.87. The van der Waals surface area contributed by atoms with Gasteiger partial charge in [-0.25, -0.2) is 4.99 Å². The van der Waals surface area contributed by atoms with Crippen molar-refractivity contribution in [3.63, 3.8) is 0 Å². The molecule has 0 radical (unpaired) electrons. The van der Waals surface area contributed by atoms with Gasteiger partial charge in [0.1, 0.15) is 5.75 Å². The SMILES string of the molecule is CCNC(=NCc1cc(Br)ccc1OC(F)F)NCCc1ccccn1.I. The van der Waals surface area contributed by atoms with Crippen LogP contribution in [0.25, 0.3) is 0 Å². The van der Waals surface area contributed by atoms with Crippen molar-refractivity contribution in [3.05, 3.63) is 58.3 Å². The number of aliphatic imine (C=N–C) groups is 1. The van der Waals surface area contributed by atoms with Crippen LogP contribution in [0.15, 0.2) is 52.1 Å². The third-order valence-corrected chi connectivity index (χ3v) is 3.88. The van der Waals surface area contributed by atoms with E-state index in [0.717, 1.165) is 16.6 Å². The van der Waals surface area contributed by atoms with Gasteiger partial charge in [-0.15, -0.1) is 24.0 Å². The highest BCUT2D eigenvalue weighted by molar-refractivity contribution is 14.0. The van der Waals surface area contributed by atoms with E-state index in [1.807, 2.05) is 25.1 Å². The molecule has 0 aliphatic rings. The Morgan fingerprint density at radius 1 is 1.26 bits per heavy atom. The van der Waals surface area contributed by atoms with E-state index in [1.165, 1.54) is 6.07 Å². The second-order valence-corrected chi connectivity index (χ2v) is 6.24. The normalized spacial score (nSPS) is 11.1. The van der Waals surface area contributed by atoms with Crippen molar-refractivity contribution in [2.24, 2.45) is 4.99 Å². The lowest BCUT2D eigenvalue weighted by Gasteiger charge is -2.13. The lowest BCUT2D eigenvalue weighted by Crippen LogP contribution is -2.38. The molecule has 1 aromatic carbocycles. The summed E-state index contributed by atoms with van der Waals surface area (Å²) in [4.78, 5) is 8.72. The van der Waals surface area contributed by atoms with Gasteiger partial charge in [-0.05, 0) is 37.3 Å². The molecule has 9 heteroatoms. The van der Waals surface area contributed by atoms with Gasteiger partial charge < -0.3 is 15.4 Å². The maximum Gasteiger partial charge on any atom is 0.387 e. The maximum absolute atomic E-state index is 12.5. The van der Waals surface area contributed by atoms with Crippen molar-refractivity contribution < 1.29 is 13.5 Å². The largest absolute Gasteiger partial charge is 0.434 e. The van der Waals surface area contributed by atoms with Crippen LogP contribution < -0.4 is 15.4 Å². The van der Waals surface area contributed by atoms with E-state index in [9.17, 15) is 8.78 Å². The number of rotatable bonds is 8. The molecule has 27 heavy (non-hydrogen) atoms. The Morgan fingerprint density at radius 3 is 2.74 bits per heavy atom. The van der Waals surface area contributed by atoms with E-state index in [1.54, 1.807) is 18.3 Å². The Balaban J connectivity index is 0.00000364. The molecule has 1 heterocycles. The molecule has 2 aromatic rings. The van der Waals surface area contributed by atoms with Gasteiger partial charge in [-0.1, -0.05) is 22.0 Å². The second kappa shape index (κ2) is 12.8. The highest BCUT2D eigenvalue weighted by atomic mass is 127. The number of nitrogens with zero attached hydrogens (tertiary/aromatic N) is 2. The molecule has 0 fully saturated rings. The third kappa shape index (κ3) is 8.83. The predicted molar refractivity (Wildman–Crippen MR) is 117 cm³/mol. The number of alkyl halides is 2. The van der Waals surface area contributed by atoms with E-state index in [0.29, 0.717) is 24.6 Å². The molecule has 2 N–H and O–H groups in total. The van der Waals surface area contributed by atoms with Crippen molar-refractivity contribution in [2.45, 2.75) is 26.5 Å². The van der Waals surface area contributed by atoms with Crippen LogP contribution in [0.2, 0.25) is 0 Å². The van der Waals surface area contributed by atoms with Crippen molar-refractivity contribution in [1.29, 1.82) is 0 Å². The number of guanidine groups is 1. The van der Waals surface area contributed by atoms with Gasteiger partial charge in [0.25, 0.3) is 0 Å². The molecule has 2 rings (SSSR count). The molecule has 0 saturated heterocycles. The van der Waals surface area contributed by atoms with E-state index in [-0.39, 0.29) is 36.3 Å². The van der Waals surface area contributed by atoms with Crippen LogP contribution in [0.5, 0.6) is 5.75 Å². The molecule has 0 saturated carbocycles. The number of halogens is 4. The lowest BCUT2D eigenvalue weighted by molar-refractivity contribution is -0.0504. The first-order valence-corrected chi connectivity index (χ1v) is 9.03. The summed E-state index contributed by atoms with van der Waals surface area (Å²) in [7, 11) is 0. The Bertz CT molecular complexity index is 720. The molecule has 0 bridgehead atoms. The Kier molecular flexibility index (Phi) is 11.2. The zero-order valence-corrected chi connectivity index (χ0v) is 18.7. The molecule has 0 spiro atoms.